The second-order valence-corrected chi connectivity index (χ2v) is 7.81. The Morgan fingerprint density at radius 1 is 1.37 bits per heavy atom. The lowest BCUT2D eigenvalue weighted by Crippen LogP contribution is -2.37. The zero-order valence-corrected chi connectivity index (χ0v) is 12.3. The van der Waals surface area contributed by atoms with Gasteiger partial charge in [0.15, 0.2) is 0 Å². The molecule has 2 aliphatic rings. The molecule has 1 aromatic rings. The highest BCUT2D eigenvalue weighted by Crippen LogP contribution is 2.41. The van der Waals surface area contributed by atoms with Crippen LogP contribution in [0.2, 0.25) is 5.02 Å². The highest BCUT2D eigenvalue weighted by Gasteiger charge is 2.44. The summed E-state index contributed by atoms with van der Waals surface area (Å²) in [5, 5.41) is 0.402. The predicted molar refractivity (Wildman–Crippen MR) is 75.6 cm³/mol. The molecular weight excluding hydrogens is 284 g/mol. The maximum atomic E-state index is 12.7. The summed E-state index contributed by atoms with van der Waals surface area (Å²) in [5.74, 6) is 0.532. The topological polar surface area (TPSA) is 63.4 Å². The minimum Gasteiger partial charge on any atom is -0.397 e. The molecule has 1 saturated carbocycles. The van der Waals surface area contributed by atoms with Crippen molar-refractivity contribution in [3.05, 3.63) is 22.7 Å². The van der Waals surface area contributed by atoms with Crippen LogP contribution in [-0.2, 0) is 10.0 Å². The van der Waals surface area contributed by atoms with Gasteiger partial charge in [0.1, 0.15) is 0 Å². The van der Waals surface area contributed by atoms with Crippen LogP contribution in [0.25, 0.3) is 0 Å². The van der Waals surface area contributed by atoms with Crippen LogP contribution in [0, 0.1) is 12.8 Å². The number of hydrogen-bond acceptors (Lipinski definition) is 3. The molecule has 104 valence electrons. The molecule has 2 unspecified atom stereocenters. The molecule has 1 aliphatic carbocycles. The monoisotopic (exact) mass is 300 g/mol. The molecule has 1 aromatic carbocycles. The number of aryl methyl sites for hydroxylation is 1. The van der Waals surface area contributed by atoms with Crippen LogP contribution in [0.4, 0.5) is 5.69 Å². The van der Waals surface area contributed by atoms with Gasteiger partial charge in [0.2, 0.25) is 10.0 Å². The second-order valence-electron chi connectivity index (χ2n) is 5.55. The van der Waals surface area contributed by atoms with Crippen molar-refractivity contribution >= 4 is 27.3 Å². The highest BCUT2D eigenvalue weighted by molar-refractivity contribution is 7.89. The smallest absolute Gasteiger partial charge is 0.243 e. The van der Waals surface area contributed by atoms with Crippen molar-refractivity contribution in [3.63, 3.8) is 0 Å². The zero-order chi connectivity index (χ0) is 13.8. The molecule has 6 heteroatoms. The Bertz CT molecular complexity index is 630. The van der Waals surface area contributed by atoms with Crippen LogP contribution < -0.4 is 5.73 Å². The number of sulfonamides is 1. The fraction of sp³-hybridized carbons (Fsp3) is 0.538. The van der Waals surface area contributed by atoms with E-state index in [-0.39, 0.29) is 6.04 Å². The molecule has 2 atom stereocenters. The molecule has 4 nitrogen and oxygen atoms in total. The molecule has 1 saturated heterocycles. The molecule has 2 N–H and O–H groups in total. The first-order valence-corrected chi connectivity index (χ1v) is 8.29. The summed E-state index contributed by atoms with van der Waals surface area (Å²) in [6.07, 6.45) is 3.13. The third-order valence-corrected chi connectivity index (χ3v) is 6.63. The van der Waals surface area contributed by atoms with Gasteiger partial charge in [-0.15, -0.1) is 0 Å². The van der Waals surface area contributed by atoms with E-state index in [0.29, 0.717) is 33.6 Å². The Balaban J connectivity index is 2.03. The van der Waals surface area contributed by atoms with E-state index in [9.17, 15) is 8.42 Å². The van der Waals surface area contributed by atoms with Crippen molar-refractivity contribution in [2.45, 2.75) is 37.1 Å². The maximum Gasteiger partial charge on any atom is 0.243 e. The van der Waals surface area contributed by atoms with Crippen molar-refractivity contribution in [3.8, 4) is 0 Å². The highest BCUT2D eigenvalue weighted by atomic mass is 35.5. The van der Waals surface area contributed by atoms with Crippen LogP contribution >= 0.6 is 11.6 Å². The lowest BCUT2D eigenvalue weighted by atomic mass is 10.1. The van der Waals surface area contributed by atoms with Gasteiger partial charge in [-0.3, -0.25) is 0 Å². The van der Waals surface area contributed by atoms with E-state index < -0.39 is 10.0 Å². The van der Waals surface area contributed by atoms with Crippen LogP contribution in [0.5, 0.6) is 0 Å². The van der Waals surface area contributed by atoms with Crippen LogP contribution in [-0.4, -0.2) is 25.3 Å². The number of piperidine rings is 1. The summed E-state index contributed by atoms with van der Waals surface area (Å²) < 4.78 is 27.1. The quantitative estimate of drug-likeness (QED) is 0.853. The standard InChI is InChI=1S/C13H17ClN2O2S/c1-8-4-11(14)12(15)6-13(8)19(17,18)16-7-9-2-3-10(16)5-9/h4,6,9-10H,2-3,5,7,15H2,1H3. The number of nitrogen functional groups attached to an aromatic ring is 1. The molecule has 0 aromatic heterocycles. The number of hydrogen-bond donors (Lipinski definition) is 1. The van der Waals surface area contributed by atoms with E-state index in [2.05, 4.69) is 0 Å². The Morgan fingerprint density at radius 3 is 2.68 bits per heavy atom. The Hall–Kier alpha value is -0.780. The van der Waals surface area contributed by atoms with Crippen molar-refractivity contribution in [1.82, 2.24) is 4.31 Å². The minimum atomic E-state index is -3.44. The number of fused-ring (bicyclic) bond motifs is 2. The molecule has 2 bridgehead atoms. The normalized spacial score (nSPS) is 27.1. The minimum absolute atomic E-state index is 0.173. The van der Waals surface area contributed by atoms with Crippen molar-refractivity contribution < 1.29 is 8.42 Å². The summed E-state index contributed by atoms with van der Waals surface area (Å²) >= 11 is 5.93. The van der Waals surface area contributed by atoms with Crippen LogP contribution in [0.1, 0.15) is 24.8 Å². The number of rotatable bonds is 2. The lowest BCUT2D eigenvalue weighted by Gasteiger charge is -2.27. The molecule has 0 amide bonds. The molecule has 0 radical (unpaired) electrons. The molecular formula is C13H17ClN2O2S. The number of nitrogens with two attached hydrogens (primary N) is 1. The lowest BCUT2D eigenvalue weighted by molar-refractivity contribution is 0.333. The summed E-state index contributed by atoms with van der Waals surface area (Å²) in [4.78, 5) is 0.293. The maximum absolute atomic E-state index is 12.7. The molecule has 19 heavy (non-hydrogen) atoms. The molecule has 1 aliphatic heterocycles. The second kappa shape index (κ2) is 4.36. The van der Waals surface area contributed by atoms with Gasteiger partial charge >= 0.3 is 0 Å². The van der Waals surface area contributed by atoms with Gasteiger partial charge in [-0.25, -0.2) is 8.42 Å². The predicted octanol–water partition coefficient (Wildman–Crippen LogP) is 2.40. The van der Waals surface area contributed by atoms with Crippen LogP contribution in [0.15, 0.2) is 17.0 Å². The molecule has 3 rings (SSSR count). The first-order chi connectivity index (χ1) is 8.89. The fourth-order valence-corrected chi connectivity index (χ4v) is 5.45. The van der Waals surface area contributed by atoms with Gasteiger partial charge < -0.3 is 5.73 Å². The van der Waals surface area contributed by atoms with E-state index in [1.807, 2.05) is 0 Å². The Labute approximate surface area is 118 Å². The molecule has 0 spiro atoms. The number of halogens is 1. The van der Waals surface area contributed by atoms with Gasteiger partial charge in [0.05, 0.1) is 15.6 Å². The average molecular weight is 301 g/mol. The van der Waals surface area contributed by atoms with E-state index in [1.54, 1.807) is 17.3 Å². The van der Waals surface area contributed by atoms with Crippen LogP contribution in [0.3, 0.4) is 0 Å². The first kappa shape index (κ1) is 13.2. The summed E-state index contributed by atoms with van der Waals surface area (Å²) in [6.45, 7) is 2.40. The van der Waals surface area contributed by atoms with Gasteiger partial charge in [-0.1, -0.05) is 11.6 Å². The van der Waals surface area contributed by atoms with E-state index >= 15 is 0 Å². The summed E-state index contributed by atoms with van der Waals surface area (Å²) in [7, 11) is -3.44. The van der Waals surface area contributed by atoms with Gasteiger partial charge in [0.25, 0.3) is 0 Å². The van der Waals surface area contributed by atoms with Crippen molar-refractivity contribution in [1.29, 1.82) is 0 Å². The molecule has 1 heterocycles. The largest absolute Gasteiger partial charge is 0.397 e. The number of nitrogens with zero attached hydrogens (tertiary/aromatic N) is 1. The third-order valence-electron chi connectivity index (χ3n) is 4.24. The van der Waals surface area contributed by atoms with E-state index in [0.717, 1.165) is 19.3 Å². The third kappa shape index (κ3) is 2.04. The van der Waals surface area contributed by atoms with Gasteiger partial charge in [0, 0.05) is 12.6 Å². The van der Waals surface area contributed by atoms with Crippen molar-refractivity contribution in [2.24, 2.45) is 5.92 Å². The zero-order valence-electron chi connectivity index (χ0n) is 10.8. The van der Waals surface area contributed by atoms with Gasteiger partial charge in [-0.05, 0) is 49.8 Å². The van der Waals surface area contributed by atoms with Crippen molar-refractivity contribution in [2.75, 3.05) is 12.3 Å². The number of benzene rings is 1. The summed E-state index contributed by atoms with van der Waals surface area (Å²) in [5.41, 5.74) is 6.72. The molecule has 2 fully saturated rings. The first-order valence-electron chi connectivity index (χ1n) is 6.47. The van der Waals surface area contributed by atoms with Gasteiger partial charge in [-0.2, -0.15) is 4.31 Å². The summed E-state index contributed by atoms with van der Waals surface area (Å²) in [6, 6.07) is 3.28. The SMILES string of the molecule is Cc1cc(Cl)c(N)cc1S(=O)(=O)N1CC2CCC1C2. The van der Waals surface area contributed by atoms with E-state index in [4.69, 9.17) is 17.3 Å². The Kier molecular flexibility index (Phi) is 3.04. The fourth-order valence-electron chi connectivity index (χ4n) is 3.25. The Morgan fingerprint density at radius 2 is 2.11 bits per heavy atom. The van der Waals surface area contributed by atoms with E-state index in [1.165, 1.54) is 6.07 Å². The average Bonchev–Trinajstić information content (AvgIpc) is 2.95. The number of anilines is 1.